The number of hydrogen-bond donors (Lipinski definition) is 0. The van der Waals surface area contributed by atoms with Gasteiger partial charge in [0.25, 0.3) is 0 Å². The lowest BCUT2D eigenvalue weighted by atomic mass is 10.2. The lowest BCUT2D eigenvalue weighted by molar-refractivity contribution is -0.191. The summed E-state index contributed by atoms with van der Waals surface area (Å²) in [7, 11) is 1.43. The van der Waals surface area contributed by atoms with Crippen molar-refractivity contribution in [1.29, 1.82) is 0 Å². The number of hydrogen-bond acceptors (Lipinski definition) is 3. The second kappa shape index (κ2) is 2.14. The van der Waals surface area contributed by atoms with Crippen LogP contribution in [-0.4, -0.2) is 30.4 Å². The van der Waals surface area contributed by atoms with Gasteiger partial charge in [-0.25, -0.2) is 5.06 Å². The van der Waals surface area contributed by atoms with Crippen LogP contribution >= 0.6 is 0 Å². The van der Waals surface area contributed by atoms with Crippen LogP contribution in [0.1, 0.15) is 6.42 Å². The van der Waals surface area contributed by atoms with Gasteiger partial charge in [0.15, 0.2) is 0 Å². The molecule has 1 saturated heterocycles. The van der Waals surface area contributed by atoms with E-state index in [-0.39, 0.29) is 12.2 Å². The number of likely N-dealkylation sites (N-methyl/N-ethyl adjacent to an activating group) is 1. The van der Waals surface area contributed by atoms with Crippen molar-refractivity contribution in [2.45, 2.75) is 6.42 Å². The zero-order chi connectivity index (χ0) is 6.85. The number of carbonyl (C=O) groups is 2. The van der Waals surface area contributed by atoms with E-state index in [1.165, 1.54) is 7.05 Å². The zero-order valence-electron chi connectivity index (χ0n) is 5.09. The standard InChI is InChI=1S/C5H7NO3/c1-6-5(8)4(7)2-3-9-6/h2-3H2,1H3. The highest BCUT2D eigenvalue weighted by atomic mass is 16.7. The fourth-order valence-corrected chi connectivity index (χ4v) is 0.616. The maximum atomic E-state index is 10.6. The number of amides is 1. The molecule has 0 atom stereocenters. The Bertz CT molecular complexity index is 154. The second-order valence-electron chi connectivity index (χ2n) is 1.81. The zero-order valence-corrected chi connectivity index (χ0v) is 5.09. The molecule has 1 aliphatic heterocycles. The van der Waals surface area contributed by atoms with Gasteiger partial charge < -0.3 is 0 Å². The summed E-state index contributed by atoms with van der Waals surface area (Å²) >= 11 is 0. The molecule has 0 N–H and O–H groups in total. The molecule has 1 fully saturated rings. The number of rotatable bonds is 0. The summed E-state index contributed by atoms with van der Waals surface area (Å²) < 4.78 is 0. The number of nitrogens with zero attached hydrogens (tertiary/aromatic N) is 1. The van der Waals surface area contributed by atoms with E-state index < -0.39 is 5.91 Å². The first kappa shape index (κ1) is 6.22. The van der Waals surface area contributed by atoms with Gasteiger partial charge in [0.1, 0.15) is 0 Å². The van der Waals surface area contributed by atoms with Gasteiger partial charge in [-0.1, -0.05) is 0 Å². The molecule has 4 heteroatoms. The minimum absolute atomic E-state index is 0.211. The van der Waals surface area contributed by atoms with Crippen LogP contribution in [0, 0.1) is 0 Å². The molecule has 4 nitrogen and oxygen atoms in total. The monoisotopic (exact) mass is 129 g/mol. The van der Waals surface area contributed by atoms with Gasteiger partial charge in [-0.05, 0) is 0 Å². The van der Waals surface area contributed by atoms with E-state index in [1.54, 1.807) is 0 Å². The fraction of sp³-hybridized carbons (Fsp3) is 0.600. The molecule has 0 aliphatic carbocycles. The molecule has 0 aromatic rings. The Balaban J connectivity index is 2.62. The summed E-state index contributed by atoms with van der Waals surface area (Å²) in [5.74, 6) is -0.926. The molecule has 0 bridgehead atoms. The van der Waals surface area contributed by atoms with E-state index in [2.05, 4.69) is 0 Å². The topological polar surface area (TPSA) is 46.6 Å². The lowest BCUT2D eigenvalue weighted by Gasteiger charge is -2.19. The van der Waals surface area contributed by atoms with Crippen molar-refractivity contribution >= 4 is 11.7 Å². The molecular formula is C5H7NO3. The first-order chi connectivity index (χ1) is 4.22. The van der Waals surface area contributed by atoms with E-state index in [4.69, 9.17) is 4.84 Å². The van der Waals surface area contributed by atoms with Crippen molar-refractivity contribution in [2.24, 2.45) is 0 Å². The summed E-state index contributed by atoms with van der Waals surface area (Å²) in [5, 5.41) is 0.964. The molecule has 0 radical (unpaired) electrons. The average molecular weight is 129 g/mol. The predicted octanol–water partition coefficient (Wildman–Crippen LogP) is -0.651. The normalized spacial score (nSPS) is 20.8. The van der Waals surface area contributed by atoms with Gasteiger partial charge in [-0.2, -0.15) is 0 Å². The molecule has 0 spiro atoms. The van der Waals surface area contributed by atoms with Gasteiger partial charge in [-0.3, -0.25) is 14.4 Å². The smallest absolute Gasteiger partial charge is 0.289 e. The van der Waals surface area contributed by atoms with Crippen molar-refractivity contribution in [3.05, 3.63) is 0 Å². The fourth-order valence-electron chi connectivity index (χ4n) is 0.616. The van der Waals surface area contributed by atoms with Crippen LogP contribution in [0.5, 0.6) is 0 Å². The third-order valence-corrected chi connectivity index (χ3v) is 1.14. The Labute approximate surface area is 52.3 Å². The summed E-state index contributed by atoms with van der Waals surface area (Å²) in [5.41, 5.74) is 0. The number of carbonyl (C=O) groups excluding carboxylic acids is 2. The van der Waals surface area contributed by atoms with Crippen LogP contribution in [0.2, 0.25) is 0 Å². The van der Waals surface area contributed by atoms with E-state index in [0.29, 0.717) is 6.61 Å². The highest BCUT2D eigenvalue weighted by molar-refractivity contribution is 6.36. The number of Topliss-reactive ketones (excluding diaryl/α,β-unsaturated/α-hetero) is 1. The first-order valence-corrected chi connectivity index (χ1v) is 2.65. The Morgan fingerprint density at radius 2 is 2.22 bits per heavy atom. The minimum Gasteiger partial charge on any atom is -0.289 e. The Kier molecular flexibility index (Phi) is 1.48. The van der Waals surface area contributed by atoms with Gasteiger partial charge in [0.05, 0.1) is 6.61 Å². The van der Waals surface area contributed by atoms with Crippen LogP contribution in [-0.2, 0) is 14.4 Å². The van der Waals surface area contributed by atoms with Crippen LogP contribution < -0.4 is 0 Å². The third kappa shape index (κ3) is 1.08. The molecule has 1 rings (SSSR count). The molecule has 0 aromatic heterocycles. The first-order valence-electron chi connectivity index (χ1n) is 2.65. The molecule has 1 aliphatic rings. The Hall–Kier alpha value is -0.900. The molecule has 1 heterocycles. The van der Waals surface area contributed by atoms with Crippen molar-refractivity contribution in [2.75, 3.05) is 13.7 Å². The Morgan fingerprint density at radius 1 is 1.56 bits per heavy atom. The molecule has 0 unspecified atom stereocenters. The van der Waals surface area contributed by atoms with Crippen molar-refractivity contribution in [3.8, 4) is 0 Å². The third-order valence-electron chi connectivity index (χ3n) is 1.14. The number of hydroxylamine groups is 2. The highest BCUT2D eigenvalue weighted by Crippen LogP contribution is 2.00. The quantitative estimate of drug-likeness (QED) is 0.408. The van der Waals surface area contributed by atoms with Crippen molar-refractivity contribution < 1.29 is 14.4 Å². The largest absolute Gasteiger partial charge is 0.313 e. The van der Waals surface area contributed by atoms with Crippen molar-refractivity contribution in [3.63, 3.8) is 0 Å². The maximum Gasteiger partial charge on any atom is 0.313 e. The molecule has 0 saturated carbocycles. The SMILES string of the molecule is CN1OCCC(=O)C1=O. The maximum absolute atomic E-state index is 10.6. The summed E-state index contributed by atoms with van der Waals surface area (Å²) in [6, 6.07) is 0. The lowest BCUT2D eigenvalue weighted by Crippen LogP contribution is -2.39. The Morgan fingerprint density at radius 3 is 2.67 bits per heavy atom. The van der Waals surface area contributed by atoms with Crippen LogP contribution in [0.15, 0.2) is 0 Å². The average Bonchev–Trinajstić information content (AvgIpc) is 1.83. The highest BCUT2D eigenvalue weighted by Gasteiger charge is 2.23. The molecule has 9 heavy (non-hydrogen) atoms. The molecule has 1 amide bonds. The second-order valence-corrected chi connectivity index (χ2v) is 1.81. The van der Waals surface area contributed by atoms with Crippen molar-refractivity contribution in [1.82, 2.24) is 5.06 Å². The molecule has 0 aromatic carbocycles. The summed E-state index contributed by atoms with van der Waals surface area (Å²) in [4.78, 5) is 25.8. The van der Waals surface area contributed by atoms with Gasteiger partial charge >= 0.3 is 5.91 Å². The summed E-state index contributed by atoms with van der Waals surface area (Å²) in [6.45, 7) is 0.321. The predicted molar refractivity (Wildman–Crippen MR) is 28.3 cm³/mol. The minimum atomic E-state index is -0.554. The summed E-state index contributed by atoms with van der Waals surface area (Å²) in [6.07, 6.45) is 0.211. The van der Waals surface area contributed by atoms with Crippen LogP contribution in [0.25, 0.3) is 0 Å². The molecular weight excluding hydrogens is 122 g/mol. The molecule has 50 valence electrons. The van der Waals surface area contributed by atoms with E-state index in [0.717, 1.165) is 5.06 Å². The van der Waals surface area contributed by atoms with Gasteiger partial charge in [0, 0.05) is 13.5 Å². The van der Waals surface area contributed by atoms with E-state index in [9.17, 15) is 9.59 Å². The van der Waals surface area contributed by atoms with Crippen LogP contribution in [0.3, 0.4) is 0 Å². The van der Waals surface area contributed by atoms with Gasteiger partial charge in [-0.15, -0.1) is 0 Å². The van der Waals surface area contributed by atoms with Gasteiger partial charge in [0.2, 0.25) is 5.78 Å². The van der Waals surface area contributed by atoms with E-state index in [1.807, 2.05) is 0 Å². The van der Waals surface area contributed by atoms with E-state index >= 15 is 0 Å². The van der Waals surface area contributed by atoms with Crippen LogP contribution in [0.4, 0.5) is 0 Å². The number of ketones is 1.